The molecule has 6 nitrogen and oxygen atoms in total. The summed E-state index contributed by atoms with van der Waals surface area (Å²) in [6.07, 6.45) is 4.92. The fourth-order valence-electron chi connectivity index (χ4n) is 2.20. The van der Waals surface area contributed by atoms with Gasteiger partial charge in [0.2, 0.25) is 5.90 Å². The number of benzene rings is 2. The largest absolute Gasteiger partial charge is 0.402 e. The summed E-state index contributed by atoms with van der Waals surface area (Å²) in [5, 5.41) is 10.6. The summed E-state index contributed by atoms with van der Waals surface area (Å²) in [6.45, 7) is 1.97. The summed E-state index contributed by atoms with van der Waals surface area (Å²) >= 11 is 0. The molecule has 0 fully saturated rings. The number of hydrogen-bond donors (Lipinski definition) is 0. The molecule has 0 saturated heterocycles. The number of non-ortho nitro benzene ring substituents is 1. The van der Waals surface area contributed by atoms with Gasteiger partial charge in [-0.3, -0.25) is 10.1 Å². The van der Waals surface area contributed by atoms with Crippen LogP contribution in [-0.2, 0) is 9.53 Å². The van der Waals surface area contributed by atoms with Crippen LogP contribution in [0.4, 0.5) is 5.69 Å². The van der Waals surface area contributed by atoms with Gasteiger partial charge in [0, 0.05) is 17.7 Å². The molecule has 0 atom stereocenters. The Morgan fingerprint density at radius 2 is 1.76 bits per heavy atom. The van der Waals surface area contributed by atoms with Crippen molar-refractivity contribution in [3.63, 3.8) is 0 Å². The van der Waals surface area contributed by atoms with Crippen LogP contribution in [-0.4, -0.2) is 16.8 Å². The van der Waals surface area contributed by atoms with Gasteiger partial charge in [0.1, 0.15) is 0 Å². The van der Waals surface area contributed by atoms with Gasteiger partial charge in [0.25, 0.3) is 5.69 Å². The van der Waals surface area contributed by atoms with Crippen molar-refractivity contribution in [3.05, 3.63) is 93.2 Å². The zero-order valence-corrected chi connectivity index (χ0v) is 13.4. The van der Waals surface area contributed by atoms with E-state index in [9.17, 15) is 14.9 Å². The normalized spacial score (nSPS) is 15.5. The highest BCUT2D eigenvalue weighted by Gasteiger charge is 2.23. The standard InChI is InChI=1S/C19H14N2O4/c1-13-5-9-15(10-6-13)18-20-17(19(22)25-18)4-2-3-14-7-11-16(12-8-14)21(23)24/h2-12H,1H3/b3-2+,17-4-. The van der Waals surface area contributed by atoms with Crippen molar-refractivity contribution in [2.24, 2.45) is 4.99 Å². The third kappa shape index (κ3) is 3.87. The van der Waals surface area contributed by atoms with E-state index in [1.54, 1.807) is 30.4 Å². The smallest absolute Gasteiger partial charge is 0.363 e. The Morgan fingerprint density at radius 1 is 1.08 bits per heavy atom. The Labute approximate surface area is 143 Å². The van der Waals surface area contributed by atoms with Crippen LogP contribution >= 0.6 is 0 Å². The van der Waals surface area contributed by atoms with Gasteiger partial charge in [-0.05, 0) is 42.8 Å². The van der Waals surface area contributed by atoms with Gasteiger partial charge < -0.3 is 4.74 Å². The Hall–Kier alpha value is -3.54. The lowest BCUT2D eigenvalue weighted by atomic mass is 10.1. The molecule has 3 rings (SSSR count). The lowest BCUT2D eigenvalue weighted by Gasteiger charge is -1.99. The second-order valence-electron chi connectivity index (χ2n) is 5.43. The highest BCUT2D eigenvalue weighted by Crippen LogP contribution is 2.17. The second kappa shape index (κ2) is 6.92. The predicted octanol–water partition coefficient (Wildman–Crippen LogP) is 3.80. The maximum Gasteiger partial charge on any atom is 0.363 e. The van der Waals surface area contributed by atoms with Crippen LogP contribution in [0.2, 0.25) is 0 Å². The van der Waals surface area contributed by atoms with Crippen LogP contribution in [0.25, 0.3) is 6.08 Å². The minimum atomic E-state index is -0.510. The van der Waals surface area contributed by atoms with Crippen molar-refractivity contribution in [2.45, 2.75) is 6.92 Å². The number of hydrogen-bond acceptors (Lipinski definition) is 5. The quantitative estimate of drug-likeness (QED) is 0.368. The van der Waals surface area contributed by atoms with Crippen LogP contribution in [0.3, 0.4) is 0 Å². The van der Waals surface area contributed by atoms with Crippen LogP contribution < -0.4 is 0 Å². The van der Waals surface area contributed by atoms with Gasteiger partial charge in [-0.2, -0.15) is 0 Å². The number of aliphatic imine (C=N–C) groups is 1. The topological polar surface area (TPSA) is 81.8 Å². The molecule has 124 valence electrons. The minimum Gasteiger partial charge on any atom is -0.402 e. The number of nitro benzene ring substituents is 1. The lowest BCUT2D eigenvalue weighted by molar-refractivity contribution is -0.384. The van der Waals surface area contributed by atoms with Crippen LogP contribution in [0.1, 0.15) is 16.7 Å². The second-order valence-corrected chi connectivity index (χ2v) is 5.43. The molecule has 0 saturated carbocycles. The van der Waals surface area contributed by atoms with E-state index < -0.39 is 10.9 Å². The van der Waals surface area contributed by atoms with Gasteiger partial charge in [0.05, 0.1) is 4.92 Å². The summed E-state index contributed by atoms with van der Waals surface area (Å²) in [5.41, 5.74) is 2.85. The van der Waals surface area contributed by atoms with E-state index in [-0.39, 0.29) is 17.3 Å². The van der Waals surface area contributed by atoms with Gasteiger partial charge in [0.15, 0.2) is 5.70 Å². The van der Waals surface area contributed by atoms with Crippen LogP contribution in [0.5, 0.6) is 0 Å². The number of rotatable bonds is 4. The molecule has 0 radical (unpaired) electrons. The molecule has 0 bridgehead atoms. The number of carbonyl (C=O) groups is 1. The summed E-state index contributed by atoms with van der Waals surface area (Å²) in [7, 11) is 0. The average molecular weight is 334 g/mol. The van der Waals surface area contributed by atoms with Gasteiger partial charge in [-0.1, -0.05) is 29.8 Å². The summed E-state index contributed by atoms with van der Waals surface area (Å²) in [5.74, 6) is -0.232. The number of ether oxygens (including phenoxy) is 1. The van der Waals surface area contributed by atoms with Crippen LogP contribution in [0.15, 0.2) is 71.4 Å². The van der Waals surface area contributed by atoms with E-state index in [1.807, 2.05) is 31.2 Å². The van der Waals surface area contributed by atoms with Gasteiger partial charge in [-0.15, -0.1) is 0 Å². The first-order valence-corrected chi connectivity index (χ1v) is 7.54. The number of cyclic esters (lactones) is 1. The highest BCUT2D eigenvalue weighted by atomic mass is 16.6. The summed E-state index contributed by atoms with van der Waals surface area (Å²) < 4.78 is 5.18. The molecule has 25 heavy (non-hydrogen) atoms. The molecular formula is C19H14N2O4. The molecular weight excluding hydrogens is 320 g/mol. The molecule has 0 spiro atoms. The monoisotopic (exact) mass is 334 g/mol. The van der Waals surface area contributed by atoms with E-state index >= 15 is 0 Å². The van der Waals surface area contributed by atoms with E-state index in [4.69, 9.17) is 4.74 Å². The van der Waals surface area contributed by atoms with Crippen molar-refractivity contribution in [3.8, 4) is 0 Å². The first kappa shape index (κ1) is 16.3. The maximum absolute atomic E-state index is 11.9. The predicted molar refractivity (Wildman–Crippen MR) is 94.0 cm³/mol. The van der Waals surface area contributed by atoms with Crippen molar-refractivity contribution in [1.29, 1.82) is 0 Å². The van der Waals surface area contributed by atoms with E-state index in [2.05, 4.69) is 4.99 Å². The number of carbonyl (C=O) groups excluding carboxylic acids is 1. The average Bonchev–Trinajstić information content (AvgIpc) is 2.97. The molecule has 1 aliphatic heterocycles. The third-order valence-corrected chi connectivity index (χ3v) is 3.57. The Morgan fingerprint density at radius 3 is 2.40 bits per heavy atom. The minimum absolute atomic E-state index is 0.0298. The molecule has 0 N–H and O–H groups in total. The molecule has 1 heterocycles. The number of aryl methyl sites for hydroxylation is 1. The SMILES string of the molecule is Cc1ccc(C2=N/C(=C\C=C\c3ccc([N+](=O)[O-])cc3)C(=O)O2)cc1. The maximum atomic E-state index is 11.9. The van der Waals surface area contributed by atoms with Crippen molar-refractivity contribution >= 4 is 23.6 Å². The summed E-state index contributed by atoms with van der Waals surface area (Å²) in [4.78, 5) is 26.2. The van der Waals surface area contributed by atoms with E-state index in [0.29, 0.717) is 0 Å². The fourth-order valence-corrected chi connectivity index (χ4v) is 2.20. The zero-order valence-electron chi connectivity index (χ0n) is 13.4. The van der Waals surface area contributed by atoms with E-state index in [0.717, 1.165) is 16.7 Å². The Bertz CT molecular complexity index is 907. The first-order valence-electron chi connectivity index (χ1n) is 7.54. The summed E-state index contributed by atoms with van der Waals surface area (Å²) in [6, 6.07) is 13.6. The molecule has 0 aliphatic carbocycles. The molecule has 6 heteroatoms. The van der Waals surface area contributed by atoms with E-state index in [1.165, 1.54) is 12.1 Å². The number of nitro groups is 1. The number of nitrogens with zero attached hydrogens (tertiary/aromatic N) is 2. The Balaban J connectivity index is 1.75. The molecule has 0 unspecified atom stereocenters. The highest BCUT2D eigenvalue weighted by molar-refractivity contribution is 6.11. The molecule has 0 aromatic heterocycles. The van der Waals surface area contributed by atoms with Gasteiger partial charge >= 0.3 is 5.97 Å². The lowest BCUT2D eigenvalue weighted by Crippen LogP contribution is -2.05. The molecule has 0 amide bonds. The molecule has 1 aliphatic rings. The van der Waals surface area contributed by atoms with Crippen molar-refractivity contribution < 1.29 is 14.5 Å². The molecule has 2 aromatic rings. The fraction of sp³-hybridized carbons (Fsp3) is 0.0526. The third-order valence-electron chi connectivity index (χ3n) is 3.57. The van der Waals surface area contributed by atoms with Crippen molar-refractivity contribution in [2.75, 3.05) is 0 Å². The molecule has 2 aromatic carbocycles. The first-order chi connectivity index (χ1) is 12.0. The van der Waals surface area contributed by atoms with Crippen LogP contribution in [0, 0.1) is 17.0 Å². The zero-order chi connectivity index (χ0) is 17.8. The van der Waals surface area contributed by atoms with Gasteiger partial charge in [-0.25, -0.2) is 9.79 Å². The number of allylic oxidation sites excluding steroid dienone is 2. The van der Waals surface area contributed by atoms with Crippen molar-refractivity contribution in [1.82, 2.24) is 0 Å². The Kier molecular flexibility index (Phi) is 4.52. The number of esters is 1.